The highest BCUT2D eigenvalue weighted by Crippen LogP contribution is 2.25. The Morgan fingerprint density at radius 2 is 2.20 bits per heavy atom. The van der Waals surface area contributed by atoms with E-state index in [0.717, 1.165) is 10.2 Å². The van der Waals surface area contributed by atoms with Crippen molar-refractivity contribution in [1.29, 1.82) is 0 Å². The normalized spacial score (nSPS) is 10.3. The summed E-state index contributed by atoms with van der Waals surface area (Å²) in [7, 11) is 1.65. The minimum atomic E-state index is 0.468. The number of hydrogen-bond donors (Lipinski definition) is 2. The molecule has 0 aliphatic carbocycles. The fraction of sp³-hybridized carbons (Fsp3) is 0.308. The summed E-state index contributed by atoms with van der Waals surface area (Å²) >= 11 is 3.52. The van der Waals surface area contributed by atoms with Crippen LogP contribution in [-0.2, 0) is 4.74 Å². The zero-order chi connectivity index (χ0) is 14.4. The van der Waals surface area contributed by atoms with Crippen LogP contribution in [0, 0.1) is 6.92 Å². The van der Waals surface area contributed by atoms with Crippen molar-refractivity contribution in [2.24, 2.45) is 0 Å². The van der Waals surface area contributed by atoms with Crippen molar-refractivity contribution in [2.75, 3.05) is 30.9 Å². The van der Waals surface area contributed by atoms with Crippen LogP contribution in [0.25, 0.3) is 0 Å². The van der Waals surface area contributed by atoms with Crippen LogP contribution in [0.4, 0.5) is 17.5 Å². The molecule has 0 fully saturated rings. The van der Waals surface area contributed by atoms with Crippen LogP contribution in [0.1, 0.15) is 5.56 Å². The lowest BCUT2D eigenvalue weighted by Crippen LogP contribution is -2.11. The minimum absolute atomic E-state index is 0.468. The summed E-state index contributed by atoms with van der Waals surface area (Å²) in [4.78, 5) is 4.33. The summed E-state index contributed by atoms with van der Waals surface area (Å²) in [5.41, 5.74) is 2.11. The molecule has 0 spiro atoms. The van der Waals surface area contributed by atoms with Crippen molar-refractivity contribution in [3.8, 4) is 0 Å². The number of hydrogen-bond acceptors (Lipinski definition) is 6. The van der Waals surface area contributed by atoms with E-state index in [1.165, 1.54) is 5.56 Å². The molecular formula is C13H16BrN5O. The van der Waals surface area contributed by atoms with Gasteiger partial charge in [0.05, 0.1) is 18.5 Å². The number of ether oxygens (including phenoxy) is 1. The molecule has 0 saturated carbocycles. The van der Waals surface area contributed by atoms with E-state index in [2.05, 4.69) is 41.7 Å². The van der Waals surface area contributed by atoms with Crippen molar-refractivity contribution in [1.82, 2.24) is 15.2 Å². The van der Waals surface area contributed by atoms with Gasteiger partial charge in [0.25, 0.3) is 0 Å². The van der Waals surface area contributed by atoms with E-state index in [9.17, 15) is 0 Å². The molecule has 1 heterocycles. The van der Waals surface area contributed by atoms with E-state index in [4.69, 9.17) is 4.74 Å². The van der Waals surface area contributed by atoms with Gasteiger partial charge in [0.15, 0.2) is 5.82 Å². The molecule has 2 rings (SSSR count). The lowest BCUT2D eigenvalue weighted by Gasteiger charge is -2.09. The Bertz CT molecular complexity index is 578. The maximum absolute atomic E-state index is 4.96. The van der Waals surface area contributed by atoms with Crippen LogP contribution in [0.2, 0.25) is 0 Å². The van der Waals surface area contributed by atoms with Gasteiger partial charge in [-0.3, -0.25) is 0 Å². The SMILES string of the molecule is COCCNc1nncc(Nc2ccc(C)cc2Br)n1. The first-order chi connectivity index (χ1) is 9.69. The minimum Gasteiger partial charge on any atom is -0.383 e. The fourth-order valence-electron chi connectivity index (χ4n) is 1.56. The van der Waals surface area contributed by atoms with Crippen LogP contribution in [0.5, 0.6) is 0 Å². The van der Waals surface area contributed by atoms with Gasteiger partial charge in [-0.15, -0.1) is 5.10 Å². The molecule has 7 heteroatoms. The Morgan fingerprint density at radius 1 is 1.35 bits per heavy atom. The van der Waals surface area contributed by atoms with E-state index in [0.29, 0.717) is 24.9 Å². The predicted molar refractivity (Wildman–Crippen MR) is 82.4 cm³/mol. The van der Waals surface area contributed by atoms with E-state index in [1.807, 2.05) is 25.1 Å². The summed E-state index contributed by atoms with van der Waals surface area (Å²) in [6.07, 6.45) is 1.58. The second-order valence-corrected chi connectivity index (χ2v) is 5.05. The lowest BCUT2D eigenvalue weighted by atomic mass is 10.2. The molecule has 0 saturated heterocycles. The Balaban J connectivity index is 2.07. The number of halogens is 1. The number of nitrogens with zero attached hydrogens (tertiary/aromatic N) is 3. The standard InChI is InChI=1S/C13H16BrN5O/c1-9-3-4-11(10(14)7-9)17-12-8-16-19-13(18-12)15-5-6-20-2/h3-4,7-8H,5-6H2,1-2H3,(H2,15,17,18,19). The molecule has 2 aromatic rings. The molecule has 0 aliphatic heterocycles. The van der Waals surface area contributed by atoms with Crippen LogP contribution in [0.3, 0.4) is 0 Å². The average molecular weight is 338 g/mol. The second kappa shape index (κ2) is 7.16. The molecule has 0 aliphatic rings. The van der Waals surface area contributed by atoms with Gasteiger partial charge < -0.3 is 15.4 Å². The van der Waals surface area contributed by atoms with Gasteiger partial charge in [-0.25, -0.2) is 0 Å². The number of methoxy groups -OCH3 is 1. The molecule has 0 amide bonds. The van der Waals surface area contributed by atoms with E-state index >= 15 is 0 Å². The van der Waals surface area contributed by atoms with Crippen LogP contribution < -0.4 is 10.6 Å². The first-order valence-corrected chi connectivity index (χ1v) is 6.94. The zero-order valence-electron chi connectivity index (χ0n) is 11.4. The third-order valence-electron chi connectivity index (χ3n) is 2.54. The molecule has 0 unspecified atom stereocenters. The van der Waals surface area contributed by atoms with Crippen molar-refractivity contribution < 1.29 is 4.74 Å². The largest absolute Gasteiger partial charge is 0.383 e. The van der Waals surface area contributed by atoms with E-state index in [1.54, 1.807) is 13.3 Å². The molecule has 20 heavy (non-hydrogen) atoms. The second-order valence-electron chi connectivity index (χ2n) is 4.19. The molecule has 1 aromatic heterocycles. The number of aryl methyl sites for hydroxylation is 1. The number of rotatable bonds is 6. The number of anilines is 3. The summed E-state index contributed by atoms with van der Waals surface area (Å²) in [5.74, 6) is 1.10. The number of benzene rings is 1. The molecular weight excluding hydrogens is 322 g/mol. The molecule has 6 nitrogen and oxygen atoms in total. The van der Waals surface area contributed by atoms with Gasteiger partial charge in [-0.2, -0.15) is 10.1 Å². The highest BCUT2D eigenvalue weighted by atomic mass is 79.9. The molecule has 106 valence electrons. The molecule has 1 aromatic carbocycles. The molecule has 0 radical (unpaired) electrons. The summed E-state index contributed by atoms with van der Waals surface area (Å²) < 4.78 is 5.93. The molecule has 0 atom stereocenters. The van der Waals surface area contributed by atoms with Gasteiger partial charge in [0.1, 0.15) is 0 Å². The lowest BCUT2D eigenvalue weighted by molar-refractivity contribution is 0.210. The zero-order valence-corrected chi connectivity index (χ0v) is 12.9. The first-order valence-electron chi connectivity index (χ1n) is 6.15. The smallest absolute Gasteiger partial charge is 0.244 e. The first kappa shape index (κ1) is 14.7. The predicted octanol–water partition coefficient (Wildman–Crippen LogP) is 2.74. The van der Waals surface area contributed by atoms with E-state index in [-0.39, 0.29) is 0 Å². The summed E-state index contributed by atoms with van der Waals surface area (Å²) in [6.45, 7) is 3.26. The Labute approximate surface area is 126 Å². The van der Waals surface area contributed by atoms with Crippen molar-refractivity contribution >= 4 is 33.4 Å². The maximum atomic E-state index is 4.96. The topological polar surface area (TPSA) is 72.0 Å². The number of aromatic nitrogens is 3. The molecule has 0 bridgehead atoms. The van der Waals surface area contributed by atoms with Crippen molar-refractivity contribution in [3.63, 3.8) is 0 Å². The Hall–Kier alpha value is -1.73. The van der Waals surface area contributed by atoms with Crippen LogP contribution in [0.15, 0.2) is 28.9 Å². The third kappa shape index (κ3) is 4.14. The Morgan fingerprint density at radius 3 is 2.95 bits per heavy atom. The van der Waals surface area contributed by atoms with E-state index < -0.39 is 0 Å². The van der Waals surface area contributed by atoms with Crippen LogP contribution >= 0.6 is 15.9 Å². The summed E-state index contributed by atoms with van der Waals surface area (Å²) in [5, 5.41) is 14.1. The summed E-state index contributed by atoms with van der Waals surface area (Å²) in [6, 6.07) is 6.05. The van der Waals surface area contributed by atoms with Gasteiger partial charge in [-0.05, 0) is 40.5 Å². The van der Waals surface area contributed by atoms with Gasteiger partial charge in [-0.1, -0.05) is 6.07 Å². The van der Waals surface area contributed by atoms with Crippen molar-refractivity contribution in [3.05, 3.63) is 34.4 Å². The Kier molecular flexibility index (Phi) is 5.25. The maximum Gasteiger partial charge on any atom is 0.244 e. The highest BCUT2D eigenvalue weighted by molar-refractivity contribution is 9.10. The van der Waals surface area contributed by atoms with Gasteiger partial charge in [0.2, 0.25) is 5.95 Å². The average Bonchev–Trinajstić information content (AvgIpc) is 2.43. The molecule has 2 N–H and O–H groups in total. The third-order valence-corrected chi connectivity index (χ3v) is 3.19. The van der Waals surface area contributed by atoms with Crippen molar-refractivity contribution in [2.45, 2.75) is 6.92 Å². The van der Waals surface area contributed by atoms with Gasteiger partial charge in [0, 0.05) is 18.1 Å². The number of nitrogens with one attached hydrogen (secondary N) is 2. The van der Waals surface area contributed by atoms with Gasteiger partial charge >= 0.3 is 0 Å². The fourth-order valence-corrected chi connectivity index (χ4v) is 2.16. The quantitative estimate of drug-likeness (QED) is 0.789. The van der Waals surface area contributed by atoms with Crippen LogP contribution in [-0.4, -0.2) is 35.4 Å². The highest BCUT2D eigenvalue weighted by Gasteiger charge is 2.04. The monoisotopic (exact) mass is 337 g/mol.